The predicted octanol–water partition coefficient (Wildman–Crippen LogP) is 2.85. The zero-order valence-electron chi connectivity index (χ0n) is 13.1. The Morgan fingerprint density at radius 3 is 3.00 bits per heavy atom. The number of ether oxygens (including phenoxy) is 1. The van der Waals surface area contributed by atoms with Gasteiger partial charge in [0.15, 0.2) is 0 Å². The number of nitrogens with zero attached hydrogens (tertiary/aromatic N) is 3. The first-order valence-electron chi connectivity index (χ1n) is 7.46. The van der Waals surface area contributed by atoms with E-state index >= 15 is 0 Å². The molecule has 1 aliphatic carbocycles. The fraction of sp³-hybridized carbons (Fsp3) is 0.600. The third-order valence-corrected chi connectivity index (χ3v) is 5.13. The van der Waals surface area contributed by atoms with E-state index in [0.29, 0.717) is 6.04 Å². The molecule has 1 atom stereocenters. The Kier molecular flexibility index (Phi) is 3.99. The molecule has 114 valence electrons. The summed E-state index contributed by atoms with van der Waals surface area (Å²) in [5.41, 5.74) is 3.24. The van der Waals surface area contributed by atoms with Crippen LogP contribution in [-0.2, 0) is 13.5 Å². The summed E-state index contributed by atoms with van der Waals surface area (Å²) in [5.74, 6) is 0.790. The molecule has 6 heteroatoms. The molecule has 0 spiro atoms. The highest BCUT2D eigenvalue weighted by Gasteiger charge is 2.27. The minimum Gasteiger partial charge on any atom is -0.481 e. The van der Waals surface area contributed by atoms with E-state index in [0.717, 1.165) is 35.1 Å². The third-order valence-electron chi connectivity index (χ3n) is 3.98. The Morgan fingerprint density at radius 1 is 1.48 bits per heavy atom. The van der Waals surface area contributed by atoms with Crippen LogP contribution in [0, 0.1) is 6.92 Å². The fourth-order valence-corrected chi connectivity index (χ4v) is 4.34. The van der Waals surface area contributed by atoms with Crippen molar-refractivity contribution in [2.24, 2.45) is 7.05 Å². The molecule has 1 aliphatic rings. The maximum Gasteiger partial charge on any atom is 0.222 e. The molecule has 0 saturated heterocycles. The fourth-order valence-electron chi connectivity index (χ4n) is 3.09. The number of fused-ring (bicyclic) bond motifs is 1. The van der Waals surface area contributed by atoms with Gasteiger partial charge in [0.2, 0.25) is 5.88 Å². The Labute approximate surface area is 129 Å². The SMILES string of the molecule is CCNC1CCCc2sc(-c3c(C)nn(C)c3OC)nc21. The van der Waals surface area contributed by atoms with Crippen LogP contribution in [-0.4, -0.2) is 28.4 Å². The number of aryl methyl sites for hydroxylation is 3. The van der Waals surface area contributed by atoms with E-state index in [4.69, 9.17) is 9.72 Å². The summed E-state index contributed by atoms with van der Waals surface area (Å²) < 4.78 is 7.29. The van der Waals surface area contributed by atoms with Crippen LogP contribution in [0.25, 0.3) is 10.6 Å². The number of thiazole rings is 1. The van der Waals surface area contributed by atoms with Gasteiger partial charge in [0.1, 0.15) is 5.01 Å². The second kappa shape index (κ2) is 5.77. The van der Waals surface area contributed by atoms with E-state index < -0.39 is 0 Å². The smallest absolute Gasteiger partial charge is 0.222 e. The van der Waals surface area contributed by atoms with Gasteiger partial charge in [-0.15, -0.1) is 11.3 Å². The quantitative estimate of drug-likeness (QED) is 0.943. The van der Waals surface area contributed by atoms with E-state index in [1.807, 2.05) is 14.0 Å². The van der Waals surface area contributed by atoms with Crippen LogP contribution in [0.2, 0.25) is 0 Å². The average molecular weight is 306 g/mol. The molecule has 1 unspecified atom stereocenters. The Balaban J connectivity index is 2.05. The van der Waals surface area contributed by atoms with Gasteiger partial charge in [-0.3, -0.25) is 0 Å². The van der Waals surface area contributed by atoms with Crippen LogP contribution >= 0.6 is 11.3 Å². The van der Waals surface area contributed by atoms with Crippen molar-refractivity contribution in [2.75, 3.05) is 13.7 Å². The second-order valence-electron chi connectivity index (χ2n) is 5.42. The van der Waals surface area contributed by atoms with E-state index in [1.165, 1.54) is 23.4 Å². The van der Waals surface area contributed by atoms with Crippen molar-refractivity contribution in [1.82, 2.24) is 20.1 Å². The molecule has 2 aromatic heterocycles. The maximum atomic E-state index is 5.51. The van der Waals surface area contributed by atoms with Crippen LogP contribution in [0.3, 0.4) is 0 Å². The van der Waals surface area contributed by atoms with Crippen LogP contribution in [0.1, 0.15) is 42.1 Å². The van der Waals surface area contributed by atoms with Gasteiger partial charge in [-0.2, -0.15) is 5.10 Å². The van der Waals surface area contributed by atoms with Crippen molar-refractivity contribution in [3.63, 3.8) is 0 Å². The predicted molar refractivity (Wildman–Crippen MR) is 85.0 cm³/mol. The molecule has 21 heavy (non-hydrogen) atoms. The lowest BCUT2D eigenvalue weighted by Gasteiger charge is -2.21. The first-order valence-corrected chi connectivity index (χ1v) is 8.28. The van der Waals surface area contributed by atoms with Crippen molar-refractivity contribution in [3.8, 4) is 16.5 Å². The Hall–Kier alpha value is -1.40. The summed E-state index contributed by atoms with van der Waals surface area (Å²) in [4.78, 5) is 6.34. The van der Waals surface area contributed by atoms with Gasteiger partial charge in [0.05, 0.1) is 30.1 Å². The molecule has 5 nitrogen and oxygen atoms in total. The molecule has 0 saturated carbocycles. The number of aromatic nitrogens is 3. The van der Waals surface area contributed by atoms with Crippen molar-refractivity contribution in [1.29, 1.82) is 0 Å². The number of hydrogen-bond acceptors (Lipinski definition) is 5. The van der Waals surface area contributed by atoms with E-state index in [2.05, 4.69) is 17.3 Å². The van der Waals surface area contributed by atoms with E-state index in [9.17, 15) is 0 Å². The number of rotatable bonds is 4. The minimum atomic E-state index is 0.395. The van der Waals surface area contributed by atoms with Crippen LogP contribution in [0.4, 0.5) is 0 Å². The highest BCUT2D eigenvalue weighted by atomic mass is 32.1. The zero-order valence-corrected chi connectivity index (χ0v) is 13.9. The minimum absolute atomic E-state index is 0.395. The Bertz CT molecular complexity index is 646. The molecule has 2 aromatic rings. The lowest BCUT2D eigenvalue weighted by molar-refractivity contribution is 0.375. The topological polar surface area (TPSA) is 52.0 Å². The van der Waals surface area contributed by atoms with Gasteiger partial charge < -0.3 is 10.1 Å². The average Bonchev–Trinajstić information content (AvgIpc) is 2.99. The Morgan fingerprint density at radius 2 is 2.29 bits per heavy atom. The van der Waals surface area contributed by atoms with E-state index in [-0.39, 0.29) is 0 Å². The van der Waals surface area contributed by atoms with Crippen LogP contribution in [0.5, 0.6) is 5.88 Å². The monoisotopic (exact) mass is 306 g/mol. The normalized spacial score (nSPS) is 17.8. The summed E-state index contributed by atoms with van der Waals surface area (Å²) in [7, 11) is 3.60. The van der Waals surface area contributed by atoms with Crippen molar-refractivity contribution < 1.29 is 4.74 Å². The summed E-state index contributed by atoms with van der Waals surface area (Å²) in [5, 5.41) is 9.04. The van der Waals surface area contributed by atoms with Crippen LogP contribution in [0.15, 0.2) is 0 Å². The largest absolute Gasteiger partial charge is 0.481 e. The highest BCUT2D eigenvalue weighted by molar-refractivity contribution is 7.15. The third kappa shape index (κ3) is 2.46. The van der Waals surface area contributed by atoms with Gasteiger partial charge in [0.25, 0.3) is 0 Å². The molecule has 0 fully saturated rings. The lowest BCUT2D eigenvalue weighted by atomic mass is 9.98. The summed E-state index contributed by atoms with van der Waals surface area (Å²) in [6.07, 6.45) is 3.54. The van der Waals surface area contributed by atoms with Gasteiger partial charge >= 0.3 is 0 Å². The number of nitrogens with one attached hydrogen (secondary N) is 1. The molecule has 2 heterocycles. The molecule has 0 aromatic carbocycles. The molecule has 1 N–H and O–H groups in total. The summed E-state index contributed by atoms with van der Waals surface area (Å²) >= 11 is 1.79. The number of methoxy groups -OCH3 is 1. The van der Waals surface area contributed by atoms with Crippen molar-refractivity contribution >= 4 is 11.3 Å². The molecular formula is C15H22N4OS. The zero-order chi connectivity index (χ0) is 15.0. The maximum absolute atomic E-state index is 5.51. The molecule has 0 amide bonds. The number of hydrogen-bond donors (Lipinski definition) is 1. The summed E-state index contributed by atoms with van der Waals surface area (Å²) in [6, 6.07) is 0.395. The molecule has 0 radical (unpaired) electrons. The molecular weight excluding hydrogens is 284 g/mol. The first kappa shape index (κ1) is 14.5. The van der Waals surface area contributed by atoms with Gasteiger partial charge in [-0.25, -0.2) is 9.67 Å². The van der Waals surface area contributed by atoms with Crippen LogP contribution < -0.4 is 10.1 Å². The lowest BCUT2D eigenvalue weighted by Crippen LogP contribution is -2.24. The van der Waals surface area contributed by atoms with Gasteiger partial charge in [-0.05, 0) is 32.7 Å². The van der Waals surface area contributed by atoms with E-state index in [1.54, 1.807) is 23.1 Å². The standard InChI is InChI=1S/C15H22N4OS/c1-5-16-10-7-6-8-11-13(10)17-14(21-11)12-9(2)18-19(3)15(12)20-4/h10,16H,5-8H2,1-4H3. The highest BCUT2D eigenvalue weighted by Crippen LogP contribution is 2.41. The van der Waals surface area contributed by atoms with Gasteiger partial charge in [-0.1, -0.05) is 6.92 Å². The summed E-state index contributed by atoms with van der Waals surface area (Å²) in [6.45, 7) is 5.14. The second-order valence-corrected chi connectivity index (χ2v) is 6.51. The molecule has 0 aliphatic heterocycles. The first-order chi connectivity index (χ1) is 10.2. The molecule has 3 rings (SSSR count). The van der Waals surface area contributed by atoms with Crippen molar-refractivity contribution in [3.05, 3.63) is 16.3 Å². The molecule has 0 bridgehead atoms. The van der Waals surface area contributed by atoms with Gasteiger partial charge in [0, 0.05) is 11.9 Å². The van der Waals surface area contributed by atoms with Crippen molar-refractivity contribution in [2.45, 2.75) is 39.2 Å².